The third kappa shape index (κ3) is 21.5. The van der Waals surface area contributed by atoms with Crippen LogP contribution in [-0.2, 0) is 22.3 Å². The number of hydrogen-bond acceptors (Lipinski definition) is 6. The lowest BCUT2D eigenvalue weighted by atomic mass is 11.2. The first-order valence-corrected chi connectivity index (χ1v) is 7.62. The molecule has 0 saturated carbocycles. The van der Waals surface area contributed by atoms with Gasteiger partial charge in [-0.25, -0.2) is 18.5 Å². The molecule has 0 fully saturated rings. The third-order valence-corrected chi connectivity index (χ3v) is 3.77. The molecule has 0 bridgehead atoms. The van der Waals surface area contributed by atoms with Gasteiger partial charge < -0.3 is 35.9 Å². The van der Waals surface area contributed by atoms with Crippen LogP contribution in [0.4, 0.5) is 4.79 Å². The molecule has 104 valence electrons. The van der Waals surface area contributed by atoms with Crippen molar-refractivity contribution in [1.29, 1.82) is 0 Å². The average molecular weight is 318 g/mol. The number of carbonyl (C=O) groups excluding carboxylic acids is 1. The van der Waals surface area contributed by atoms with Gasteiger partial charge in [-0.3, -0.25) is 0 Å². The first-order valence-electron chi connectivity index (χ1n) is 3.06. The van der Waals surface area contributed by atoms with Gasteiger partial charge in [0.1, 0.15) is 0 Å². The Kier molecular flexibility index (Phi) is 7.35. The van der Waals surface area contributed by atoms with Crippen LogP contribution in [0.5, 0.6) is 0 Å². The van der Waals surface area contributed by atoms with Gasteiger partial charge in [-0.2, -0.15) is 8.62 Å². The predicted molar refractivity (Wildman–Crippen MR) is 49.9 cm³/mol. The Labute approximate surface area is 93.4 Å². The normalized spacial score (nSPS) is 12.5. The number of nitrogens with two attached hydrogens (primary N) is 2. The highest BCUT2D eigenvalue weighted by Crippen LogP contribution is 2.64. The molecule has 13 nitrogen and oxygen atoms in total. The molecule has 9 N–H and O–H groups in total. The van der Waals surface area contributed by atoms with Crippen LogP contribution < -0.4 is 11.5 Å². The van der Waals surface area contributed by atoms with Crippen molar-refractivity contribution in [2.45, 2.75) is 0 Å². The lowest BCUT2D eigenvalue weighted by molar-refractivity contribution is 0.204. The highest BCUT2D eigenvalue weighted by Gasteiger charge is 2.38. The summed E-state index contributed by atoms with van der Waals surface area (Å²) in [5.41, 5.74) is 8.50. The Hall–Kier alpha value is -0.320. The first-order chi connectivity index (χ1) is 7.15. The van der Waals surface area contributed by atoms with Crippen LogP contribution in [0, 0.1) is 0 Å². The minimum Gasteiger partial charge on any atom is -0.352 e. The summed E-state index contributed by atoms with van der Waals surface area (Å²) in [7, 11) is -16.2. The second-order valence-corrected chi connectivity index (χ2v) is 6.22. The molecule has 0 aromatic rings. The van der Waals surface area contributed by atoms with Crippen molar-refractivity contribution in [2.24, 2.45) is 11.5 Å². The van der Waals surface area contributed by atoms with Gasteiger partial charge in [0.2, 0.25) is 0 Å². The molecule has 0 aromatic heterocycles. The largest absolute Gasteiger partial charge is 0.490 e. The van der Waals surface area contributed by atoms with E-state index in [1.165, 1.54) is 0 Å². The Morgan fingerprint density at radius 1 is 0.824 bits per heavy atom. The summed E-state index contributed by atoms with van der Waals surface area (Å²) in [5, 5.41) is 0. The molecule has 0 aromatic carbocycles. The smallest absolute Gasteiger partial charge is 0.352 e. The molecule has 0 aliphatic carbocycles. The van der Waals surface area contributed by atoms with E-state index in [-0.39, 0.29) is 0 Å². The molecule has 0 aliphatic rings. The fourth-order valence-corrected chi connectivity index (χ4v) is 2.82. The number of phosphoric acid groups is 3. The monoisotopic (exact) mass is 318 g/mol. The quantitative estimate of drug-likeness (QED) is 0.289. The second-order valence-electron chi connectivity index (χ2n) is 2.02. The van der Waals surface area contributed by atoms with E-state index in [4.69, 9.17) is 29.3 Å². The van der Waals surface area contributed by atoms with Gasteiger partial charge in [0, 0.05) is 0 Å². The summed E-state index contributed by atoms with van der Waals surface area (Å²) >= 11 is 0. The lowest BCUT2D eigenvalue weighted by Gasteiger charge is -2.11. The van der Waals surface area contributed by atoms with Gasteiger partial charge in [0.15, 0.2) is 0 Å². The molecule has 0 rings (SSSR count). The fourth-order valence-electron chi connectivity index (χ4n) is 0.284. The third-order valence-electron chi connectivity index (χ3n) is 0.419. The van der Waals surface area contributed by atoms with E-state index in [1.54, 1.807) is 0 Å². The number of urea groups is 1. The predicted octanol–water partition coefficient (Wildman–Crippen LogP) is -1.67. The van der Waals surface area contributed by atoms with Crippen molar-refractivity contribution >= 4 is 29.5 Å². The summed E-state index contributed by atoms with van der Waals surface area (Å²) in [6.07, 6.45) is 0. The van der Waals surface area contributed by atoms with Gasteiger partial charge in [-0.1, -0.05) is 0 Å². The van der Waals surface area contributed by atoms with Crippen molar-refractivity contribution in [3.63, 3.8) is 0 Å². The second kappa shape index (κ2) is 6.57. The zero-order valence-corrected chi connectivity index (χ0v) is 10.4. The number of rotatable bonds is 4. The van der Waals surface area contributed by atoms with Crippen LogP contribution in [-0.4, -0.2) is 30.5 Å². The van der Waals surface area contributed by atoms with E-state index < -0.39 is 29.5 Å². The van der Waals surface area contributed by atoms with Crippen LogP contribution in [0.1, 0.15) is 0 Å². The Balaban J connectivity index is 0. The molecule has 0 spiro atoms. The SMILES string of the molecule is NC(N)=O.O=P(O)(O)OP(=O)(O)OP(=O)(O)O. The number of hydrogen-bond donors (Lipinski definition) is 7. The van der Waals surface area contributed by atoms with E-state index in [1.807, 2.05) is 0 Å². The molecule has 0 aliphatic heterocycles. The molecular formula is CH9N2O11P3. The summed E-state index contributed by atoms with van der Waals surface area (Å²) in [4.78, 5) is 49.2. The topological polar surface area (TPSA) is 240 Å². The van der Waals surface area contributed by atoms with E-state index in [9.17, 15) is 13.7 Å². The maximum absolute atomic E-state index is 10.4. The summed E-state index contributed by atoms with van der Waals surface area (Å²) in [5.74, 6) is 0. The minimum atomic E-state index is -5.46. The fraction of sp³-hybridized carbons (Fsp3) is 0. The maximum atomic E-state index is 10.4. The molecule has 0 atom stereocenters. The molecule has 0 unspecified atom stereocenters. The molecule has 16 heteroatoms. The van der Waals surface area contributed by atoms with Crippen LogP contribution in [0.25, 0.3) is 0 Å². The highest BCUT2D eigenvalue weighted by molar-refractivity contribution is 7.66. The minimum absolute atomic E-state index is 0.833. The van der Waals surface area contributed by atoms with Gasteiger partial charge in [0.05, 0.1) is 0 Å². The lowest BCUT2D eigenvalue weighted by Crippen LogP contribution is -2.18. The van der Waals surface area contributed by atoms with Crippen LogP contribution in [0.3, 0.4) is 0 Å². The standard InChI is InChI=1S/CH4N2O.H5O10P3/c2-1(3)4;1-11(2,3)9-13(7,8)10-12(4,5)6/h(H4,2,3,4);(H,7,8)(H2,1,2,3)(H2,4,5,6). The van der Waals surface area contributed by atoms with Gasteiger partial charge in [-0.05, 0) is 0 Å². The van der Waals surface area contributed by atoms with Crippen LogP contribution in [0.2, 0.25) is 0 Å². The zero-order valence-electron chi connectivity index (χ0n) is 7.68. The average Bonchev–Trinajstić information content (AvgIpc) is 1.68. The molecule has 17 heavy (non-hydrogen) atoms. The summed E-state index contributed by atoms with van der Waals surface area (Å²) in [6, 6.07) is -0.833. The highest BCUT2D eigenvalue weighted by atomic mass is 31.3. The van der Waals surface area contributed by atoms with E-state index >= 15 is 0 Å². The van der Waals surface area contributed by atoms with E-state index in [2.05, 4.69) is 20.1 Å². The Morgan fingerprint density at radius 2 is 1.00 bits per heavy atom. The van der Waals surface area contributed by atoms with Gasteiger partial charge in [-0.15, -0.1) is 0 Å². The number of amides is 2. The maximum Gasteiger partial charge on any atom is 0.490 e. The van der Waals surface area contributed by atoms with Crippen molar-refractivity contribution < 1.29 is 51.6 Å². The van der Waals surface area contributed by atoms with Crippen LogP contribution >= 0.6 is 23.5 Å². The Morgan fingerprint density at radius 3 is 1.12 bits per heavy atom. The van der Waals surface area contributed by atoms with Gasteiger partial charge in [0.25, 0.3) is 0 Å². The molecule has 0 saturated heterocycles. The van der Waals surface area contributed by atoms with Crippen molar-refractivity contribution in [2.75, 3.05) is 0 Å². The van der Waals surface area contributed by atoms with E-state index in [0.717, 1.165) is 0 Å². The van der Waals surface area contributed by atoms with Crippen LogP contribution in [0.15, 0.2) is 0 Å². The first kappa shape index (κ1) is 19.0. The summed E-state index contributed by atoms with van der Waals surface area (Å²) < 4.78 is 36.4. The van der Waals surface area contributed by atoms with Gasteiger partial charge >= 0.3 is 29.5 Å². The van der Waals surface area contributed by atoms with Crippen molar-refractivity contribution in [3.05, 3.63) is 0 Å². The summed E-state index contributed by atoms with van der Waals surface area (Å²) in [6.45, 7) is 0. The van der Waals surface area contributed by atoms with Crippen molar-refractivity contribution in [3.8, 4) is 0 Å². The molecule has 0 radical (unpaired) electrons. The zero-order chi connectivity index (χ0) is 14.5. The van der Waals surface area contributed by atoms with E-state index in [0.29, 0.717) is 0 Å². The van der Waals surface area contributed by atoms with Crippen molar-refractivity contribution in [1.82, 2.24) is 0 Å². The number of primary amides is 2. The Bertz CT molecular complexity index is 358. The molecule has 2 amide bonds. The molecular weight excluding hydrogens is 309 g/mol. The number of carbonyl (C=O) groups is 1. The molecule has 0 heterocycles.